The molecule has 5 nitrogen and oxygen atoms in total. The van der Waals surface area contributed by atoms with Gasteiger partial charge in [0.05, 0.1) is 11.1 Å². The lowest BCUT2D eigenvalue weighted by molar-refractivity contribution is 0.392. The van der Waals surface area contributed by atoms with Crippen LogP contribution in [-0.4, -0.2) is 39.8 Å². The minimum Gasteiger partial charge on any atom is -0.369 e. The highest BCUT2D eigenvalue weighted by Crippen LogP contribution is 2.39. The summed E-state index contributed by atoms with van der Waals surface area (Å²) < 4.78 is 32.2. The van der Waals surface area contributed by atoms with Gasteiger partial charge in [0, 0.05) is 36.9 Å². The van der Waals surface area contributed by atoms with Crippen LogP contribution in [0.25, 0.3) is 0 Å². The van der Waals surface area contributed by atoms with Crippen LogP contribution in [0.15, 0.2) is 55.1 Å². The van der Waals surface area contributed by atoms with E-state index in [1.807, 2.05) is 27.3 Å². The van der Waals surface area contributed by atoms with Crippen LogP contribution in [0.1, 0.15) is 48.1 Å². The van der Waals surface area contributed by atoms with Gasteiger partial charge < -0.3 is 14.8 Å². The zero-order valence-corrected chi connectivity index (χ0v) is 19.4. The van der Waals surface area contributed by atoms with Gasteiger partial charge in [-0.15, -0.1) is 22.0 Å². The van der Waals surface area contributed by atoms with Crippen molar-refractivity contribution in [1.82, 2.24) is 20.1 Å². The molecule has 1 N–H and O–H groups in total. The Bertz CT molecular complexity index is 1040. The standard InChI is InChI=1S/C25H29F2N5S/c26-21-15-23(31-11-8-20(9-12-31)32-16-29-30-17-32)22(27)13-19(21)14-25-28-10-4-7-24(33-25)18-5-2-1-3-6-18/h1-3,5-6,13,15-17,20,24-25,28H,4,7-12,14H2/t24-,25?/m0/s1. The van der Waals surface area contributed by atoms with Gasteiger partial charge in [-0.3, -0.25) is 0 Å². The van der Waals surface area contributed by atoms with Crippen LogP contribution >= 0.6 is 11.8 Å². The Kier molecular flexibility index (Phi) is 6.92. The van der Waals surface area contributed by atoms with Crippen LogP contribution < -0.4 is 10.2 Å². The normalized spacial score (nSPS) is 22.3. The number of hydrogen-bond donors (Lipinski definition) is 1. The van der Waals surface area contributed by atoms with Crippen LogP contribution in [-0.2, 0) is 6.42 Å². The second kappa shape index (κ2) is 10.2. The summed E-state index contributed by atoms with van der Waals surface area (Å²) in [6.07, 6.45) is 7.76. The highest BCUT2D eigenvalue weighted by atomic mass is 32.2. The number of thioether (sulfide) groups is 1. The van der Waals surface area contributed by atoms with E-state index in [0.717, 1.165) is 32.2 Å². The quantitative estimate of drug-likeness (QED) is 0.562. The lowest BCUT2D eigenvalue weighted by Crippen LogP contribution is -2.35. The van der Waals surface area contributed by atoms with Crippen molar-refractivity contribution in [2.45, 2.75) is 48.8 Å². The third kappa shape index (κ3) is 5.22. The minimum absolute atomic E-state index is 0.0528. The molecule has 2 aliphatic heterocycles. The second-order valence-corrected chi connectivity index (χ2v) is 10.3. The molecule has 8 heteroatoms. The summed E-state index contributed by atoms with van der Waals surface area (Å²) in [4.78, 5) is 1.95. The van der Waals surface area contributed by atoms with Crippen LogP contribution in [0.5, 0.6) is 0 Å². The Balaban J connectivity index is 1.26. The number of rotatable bonds is 5. The molecule has 5 rings (SSSR count). The van der Waals surface area contributed by atoms with E-state index in [9.17, 15) is 0 Å². The maximum absolute atomic E-state index is 15.1. The number of nitrogens with zero attached hydrogens (tertiary/aromatic N) is 4. The van der Waals surface area contributed by atoms with Crippen LogP contribution in [0, 0.1) is 11.6 Å². The van der Waals surface area contributed by atoms with E-state index < -0.39 is 0 Å². The van der Waals surface area contributed by atoms with Crippen molar-refractivity contribution in [2.75, 3.05) is 24.5 Å². The minimum atomic E-state index is -0.340. The molecule has 174 valence electrons. The zero-order valence-electron chi connectivity index (χ0n) is 18.5. The van der Waals surface area contributed by atoms with Gasteiger partial charge in [-0.2, -0.15) is 0 Å². The Morgan fingerprint density at radius 2 is 1.73 bits per heavy atom. The van der Waals surface area contributed by atoms with E-state index in [0.29, 0.717) is 42.1 Å². The van der Waals surface area contributed by atoms with Crippen molar-refractivity contribution >= 4 is 17.4 Å². The Labute approximate surface area is 197 Å². The maximum Gasteiger partial charge on any atom is 0.146 e. The van der Waals surface area contributed by atoms with E-state index in [1.165, 1.54) is 17.7 Å². The predicted molar refractivity (Wildman–Crippen MR) is 128 cm³/mol. The van der Waals surface area contributed by atoms with Crippen molar-refractivity contribution in [3.05, 3.63) is 77.9 Å². The van der Waals surface area contributed by atoms with Crippen LogP contribution in [0.4, 0.5) is 14.5 Å². The summed E-state index contributed by atoms with van der Waals surface area (Å²) in [6, 6.07) is 13.6. The molecule has 2 saturated heterocycles. The molecule has 0 spiro atoms. The molecule has 0 aliphatic carbocycles. The summed E-state index contributed by atoms with van der Waals surface area (Å²) in [7, 11) is 0. The lowest BCUT2D eigenvalue weighted by atomic mass is 10.0. The summed E-state index contributed by atoms with van der Waals surface area (Å²) in [5.41, 5.74) is 2.10. The fourth-order valence-corrected chi connectivity index (χ4v) is 6.38. The van der Waals surface area contributed by atoms with Crippen molar-refractivity contribution in [2.24, 2.45) is 0 Å². The molecule has 1 aromatic heterocycles. The van der Waals surface area contributed by atoms with E-state index >= 15 is 8.78 Å². The van der Waals surface area contributed by atoms with Gasteiger partial charge in [0.2, 0.25) is 0 Å². The number of nitrogens with one attached hydrogen (secondary N) is 1. The number of benzene rings is 2. The summed E-state index contributed by atoms with van der Waals surface area (Å²) in [5.74, 6) is -0.664. The molecule has 0 saturated carbocycles. The van der Waals surface area contributed by atoms with Gasteiger partial charge in [0.25, 0.3) is 0 Å². The molecule has 33 heavy (non-hydrogen) atoms. The van der Waals surface area contributed by atoms with Gasteiger partial charge >= 0.3 is 0 Å². The highest BCUT2D eigenvalue weighted by molar-refractivity contribution is 8.00. The van der Waals surface area contributed by atoms with Crippen molar-refractivity contribution in [3.8, 4) is 0 Å². The van der Waals surface area contributed by atoms with Crippen molar-refractivity contribution in [3.63, 3.8) is 0 Å². The number of anilines is 1. The van der Waals surface area contributed by atoms with Crippen LogP contribution in [0.3, 0.4) is 0 Å². The Morgan fingerprint density at radius 3 is 2.48 bits per heavy atom. The number of piperidine rings is 1. The average molecular weight is 470 g/mol. The first-order valence-corrected chi connectivity index (χ1v) is 12.6. The third-order valence-corrected chi connectivity index (χ3v) is 8.20. The molecule has 2 aromatic carbocycles. The monoisotopic (exact) mass is 469 g/mol. The number of halogens is 2. The molecule has 3 heterocycles. The molecule has 1 unspecified atom stereocenters. The molecule has 3 aromatic rings. The summed E-state index contributed by atoms with van der Waals surface area (Å²) >= 11 is 1.82. The summed E-state index contributed by atoms with van der Waals surface area (Å²) in [5, 5.41) is 11.7. The van der Waals surface area contributed by atoms with Gasteiger partial charge in [0.15, 0.2) is 0 Å². The van der Waals surface area contributed by atoms with Gasteiger partial charge in [-0.25, -0.2) is 8.78 Å². The number of aromatic nitrogens is 3. The van der Waals surface area contributed by atoms with E-state index in [1.54, 1.807) is 12.7 Å². The van der Waals surface area contributed by atoms with E-state index in [-0.39, 0.29) is 17.0 Å². The Morgan fingerprint density at radius 1 is 0.970 bits per heavy atom. The fraction of sp³-hybridized carbons (Fsp3) is 0.440. The molecule has 2 atom stereocenters. The molecule has 0 amide bonds. The molecule has 2 fully saturated rings. The maximum atomic E-state index is 15.1. The van der Waals surface area contributed by atoms with Gasteiger partial charge in [-0.05, 0) is 49.4 Å². The predicted octanol–water partition coefficient (Wildman–Crippen LogP) is 5.12. The first kappa shape index (κ1) is 22.3. The third-order valence-electron chi connectivity index (χ3n) is 6.70. The molecule has 0 bridgehead atoms. The van der Waals surface area contributed by atoms with Crippen molar-refractivity contribution in [1.29, 1.82) is 0 Å². The number of hydrogen-bond acceptors (Lipinski definition) is 5. The first-order valence-electron chi connectivity index (χ1n) is 11.7. The Hall–Kier alpha value is -2.45. The summed E-state index contributed by atoms with van der Waals surface area (Å²) in [6.45, 7) is 2.25. The zero-order chi connectivity index (χ0) is 22.6. The topological polar surface area (TPSA) is 46.0 Å². The average Bonchev–Trinajstić information content (AvgIpc) is 3.28. The lowest BCUT2D eigenvalue weighted by Gasteiger charge is -2.34. The molecular formula is C25H29F2N5S. The van der Waals surface area contributed by atoms with Crippen molar-refractivity contribution < 1.29 is 8.78 Å². The first-order chi connectivity index (χ1) is 16.2. The SMILES string of the molecule is Fc1cc(N2CCC(n3cnnc3)CC2)c(F)cc1CC1NCCC[C@@H](c2ccccc2)S1. The largest absolute Gasteiger partial charge is 0.369 e. The molecular weight excluding hydrogens is 440 g/mol. The van der Waals surface area contributed by atoms with Crippen LogP contribution in [0.2, 0.25) is 0 Å². The fourth-order valence-electron chi connectivity index (χ4n) is 4.88. The second-order valence-electron chi connectivity index (χ2n) is 8.85. The van der Waals surface area contributed by atoms with E-state index in [4.69, 9.17) is 0 Å². The van der Waals surface area contributed by atoms with E-state index in [2.05, 4.69) is 39.8 Å². The van der Waals surface area contributed by atoms with Gasteiger partial charge in [-0.1, -0.05) is 30.3 Å². The van der Waals surface area contributed by atoms with Gasteiger partial charge in [0.1, 0.15) is 24.3 Å². The molecule has 2 aliphatic rings. The molecule has 0 radical (unpaired) electrons. The smallest absolute Gasteiger partial charge is 0.146 e. The highest BCUT2D eigenvalue weighted by Gasteiger charge is 2.26.